The van der Waals surface area contributed by atoms with Gasteiger partial charge in [-0.25, -0.2) is 4.68 Å². The van der Waals surface area contributed by atoms with E-state index in [4.69, 9.17) is 0 Å². The van der Waals surface area contributed by atoms with E-state index in [1.807, 2.05) is 30.3 Å². The molecule has 15 heavy (non-hydrogen) atoms. The predicted octanol–water partition coefficient (Wildman–Crippen LogP) is 1.21. The predicted molar refractivity (Wildman–Crippen MR) is 54.5 cm³/mol. The van der Waals surface area contributed by atoms with Crippen molar-refractivity contribution in [2.75, 3.05) is 0 Å². The average Bonchev–Trinajstić information content (AvgIpc) is 2.74. The third-order valence-corrected chi connectivity index (χ3v) is 2.16. The number of rotatable bonds is 1. The number of nitrogens with zero attached hydrogens (tertiary/aromatic N) is 5. The van der Waals surface area contributed by atoms with Crippen LogP contribution in [0, 0.1) is 0 Å². The van der Waals surface area contributed by atoms with E-state index in [9.17, 15) is 0 Å². The van der Waals surface area contributed by atoms with Crippen LogP contribution in [0.1, 0.15) is 0 Å². The van der Waals surface area contributed by atoms with Crippen molar-refractivity contribution >= 4 is 11.0 Å². The summed E-state index contributed by atoms with van der Waals surface area (Å²) in [5, 5.41) is 15.6. The highest BCUT2D eigenvalue weighted by Crippen LogP contribution is 2.13. The van der Waals surface area contributed by atoms with Crippen LogP contribution in [0.25, 0.3) is 16.7 Å². The molecule has 2 aromatic heterocycles. The van der Waals surface area contributed by atoms with Crippen molar-refractivity contribution in [3.63, 3.8) is 0 Å². The highest BCUT2D eigenvalue weighted by Gasteiger charge is 2.05. The molecule has 3 aromatic rings. The molecule has 72 valence electrons. The maximum atomic E-state index is 4.05. The fourth-order valence-electron chi connectivity index (χ4n) is 1.45. The quantitative estimate of drug-likeness (QED) is 0.588. The Morgan fingerprint density at radius 2 is 1.73 bits per heavy atom. The van der Waals surface area contributed by atoms with Gasteiger partial charge in [-0.2, -0.15) is 10.2 Å². The van der Waals surface area contributed by atoms with Crippen LogP contribution in [0.3, 0.4) is 0 Å². The van der Waals surface area contributed by atoms with Crippen molar-refractivity contribution in [3.05, 3.63) is 42.7 Å². The maximum absolute atomic E-state index is 4.05. The van der Waals surface area contributed by atoms with Crippen molar-refractivity contribution in [2.24, 2.45) is 0 Å². The molecule has 0 aliphatic rings. The molecule has 0 bridgehead atoms. The summed E-state index contributed by atoms with van der Waals surface area (Å²) in [4.78, 5) is 0. The van der Waals surface area contributed by atoms with Crippen LogP contribution in [-0.4, -0.2) is 25.2 Å². The van der Waals surface area contributed by atoms with Gasteiger partial charge in [0.1, 0.15) is 11.0 Å². The molecule has 0 N–H and O–H groups in total. The summed E-state index contributed by atoms with van der Waals surface area (Å²) < 4.78 is 1.74. The third-order valence-electron chi connectivity index (χ3n) is 2.16. The minimum atomic E-state index is 0.744. The molecule has 0 radical (unpaired) electrons. The molecule has 0 aliphatic heterocycles. The van der Waals surface area contributed by atoms with Gasteiger partial charge >= 0.3 is 0 Å². The van der Waals surface area contributed by atoms with Crippen LogP contribution in [-0.2, 0) is 0 Å². The third kappa shape index (κ3) is 1.25. The lowest BCUT2D eigenvalue weighted by molar-refractivity contribution is 0.823. The highest BCUT2D eigenvalue weighted by atomic mass is 15.4. The van der Waals surface area contributed by atoms with Crippen molar-refractivity contribution < 1.29 is 0 Å². The van der Waals surface area contributed by atoms with Crippen LogP contribution < -0.4 is 0 Å². The molecule has 0 aliphatic carbocycles. The number of fused-ring (bicyclic) bond motifs is 1. The molecule has 0 spiro atoms. The Morgan fingerprint density at radius 1 is 0.933 bits per heavy atom. The van der Waals surface area contributed by atoms with Crippen LogP contribution in [0.15, 0.2) is 42.7 Å². The highest BCUT2D eigenvalue weighted by molar-refractivity contribution is 5.73. The zero-order valence-corrected chi connectivity index (χ0v) is 7.78. The smallest absolute Gasteiger partial charge is 0.135 e. The lowest BCUT2D eigenvalue weighted by Gasteiger charge is -1.99. The van der Waals surface area contributed by atoms with E-state index in [0.29, 0.717) is 0 Å². The molecule has 0 amide bonds. The standard InChI is InChI=1S/C10H7N5/c1-2-4-8(5-3-1)15-10-7-12-11-6-9(10)13-14-15/h1-7H. The van der Waals surface area contributed by atoms with Gasteiger partial charge in [0.15, 0.2) is 0 Å². The van der Waals surface area contributed by atoms with E-state index < -0.39 is 0 Å². The molecule has 2 heterocycles. The molecule has 5 heteroatoms. The van der Waals surface area contributed by atoms with Crippen molar-refractivity contribution in [3.8, 4) is 5.69 Å². The molecule has 0 atom stereocenters. The summed E-state index contributed by atoms with van der Waals surface area (Å²) in [6.07, 6.45) is 3.25. The summed E-state index contributed by atoms with van der Waals surface area (Å²) in [5.41, 5.74) is 2.57. The Balaban J connectivity index is 2.28. The molecular formula is C10H7N5. The molecule has 0 saturated heterocycles. The summed E-state index contributed by atoms with van der Waals surface area (Å²) in [5.74, 6) is 0. The Morgan fingerprint density at radius 3 is 2.60 bits per heavy atom. The summed E-state index contributed by atoms with van der Waals surface area (Å²) >= 11 is 0. The second-order valence-corrected chi connectivity index (χ2v) is 3.10. The monoisotopic (exact) mass is 197 g/mol. The first-order valence-electron chi connectivity index (χ1n) is 4.53. The topological polar surface area (TPSA) is 56.5 Å². The molecule has 0 saturated carbocycles. The normalized spacial score (nSPS) is 10.7. The van der Waals surface area contributed by atoms with Gasteiger partial charge in [-0.15, -0.1) is 5.10 Å². The lowest BCUT2D eigenvalue weighted by atomic mass is 10.3. The van der Waals surface area contributed by atoms with Gasteiger partial charge in [-0.3, -0.25) is 0 Å². The zero-order chi connectivity index (χ0) is 10.1. The van der Waals surface area contributed by atoms with Crippen LogP contribution in [0.4, 0.5) is 0 Å². The Kier molecular flexibility index (Phi) is 1.68. The minimum absolute atomic E-state index is 0.744. The first-order chi connectivity index (χ1) is 7.45. The van der Waals surface area contributed by atoms with Crippen molar-refractivity contribution in [2.45, 2.75) is 0 Å². The first-order valence-corrected chi connectivity index (χ1v) is 4.53. The van der Waals surface area contributed by atoms with E-state index in [1.165, 1.54) is 0 Å². The largest absolute Gasteiger partial charge is 0.211 e. The van der Waals surface area contributed by atoms with E-state index in [-0.39, 0.29) is 0 Å². The van der Waals surface area contributed by atoms with Gasteiger partial charge in [0.25, 0.3) is 0 Å². The van der Waals surface area contributed by atoms with E-state index in [0.717, 1.165) is 16.7 Å². The van der Waals surface area contributed by atoms with Gasteiger partial charge in [-0.1, -0.05) is 23.4 Å². The zero-order valence-electron chi connectivity index (χ0n) is 7.78. The molecule has 1 aromatic carbocycles. The van der Waals surface area contributed by atoms with E-state index in [1.54, 1.807) is 17.1 Å². The van der Waals surface area contributed by atoms with Crippen molar-refractivity contribution in [1.29, 1.82) is 0 Å². The Labute approximate surface area is 85.4 Å². The maximum Gasteiger partial charge on any atom is 0.135 e. The van der Waals surface area contributed by atoms with Gasteiger partial charge in [0, 0.05) is 0 Å². The number of para-hydroxylation sites is 1. The number of hydrogen-bond donors (Lipinski definition) is 0. The molecule has 5 nitrogen and oxygen atoms in total. The fraction of sp³-hybridized carbons (Fsp3) is 0. The lowest BCUT2D eigenvalue weighted by Crippen LogP contribution is -1.96. The van der Waals surface area contributed by atoms with Crippen LogP contribution in [0.2, 0.25) is 0 Å². The SMILES string of the molecule is c1ccc(-n2nnc3cnncc32)cc1. The van der Waals surface area contributed by atoms with Gasteiger partial charge < -0.3 is 0 Å². The molecular weight excluding hydrogens is 190 g/mol. The minimum Gasteiger partial charge on any atom is -0.211 e. The van der Waals surface area contributed by atoms with E-state index >= 15 is 0 Å². The van der Waals surface area contributed by atoms with Gasteiger partial charge in [-0.05, 0) is 12.1 Å². The Bertz CT molecular complexity index is 587. The molecule has 0 fully saturated rings. The van der Waals surface area contributed by atoms with Crippen LogP contribution in [0.5, 0.6) is 0 Å². The second-order valence-electron chi connectivity index (χ2n) is 3.10. The number of benzene rings is 1. The number of hydrogen-bond acceptors (Lipinski definition) is 4. The molecule has 3 rings (SSSR count). The Hall–Kier alpha value is -2.30. The summed E-state index contributed by atoms with van der Waals surface area (Å²) in [6, 6.07) is 9.81. The van der Waals surface area contributed by atoms with E-state index in [2.05, 4.69) is 20.5 Å². The second kappa shape index (κ2) is 3.13. The summed E-state index contributed by atoms with van der Waals surface area (Å²) in [6.45, 7) is 0. The van der Waals surface area contributed by atoms with Gasteiger partial charge in [0.05, 0.1) is 18.1 Å². The van der Waals surface area contributed by atoms with Gasteiger partial charge in [0.2, 0.25) is 0 Å². The average molecular weight is 197 g/mol. The van der Waals surface area contributed by atoms with Crippen LogP contribution >= 0.6 is 0 Å². The molecule has 0 unspecified atom stereocenters. The van der Waals surface area contributed by atoms with Crippen molar-refractivity contribution in [1.82, 2.24) is 25.2 Å². The fourth-order valence-corrected chi connectivity index (χ4v) is 1.45. The summed E-state index contributed by atoms with van der Waals surface area (Å²) in [7, 11) is 0. The number of aromatic nitrogens is 5. The first kappa shape index (κ1) is 8.05.